The summed E-state index contributed by atoms with van der Waals surface area (Å²) in [5, 5.41) is 0.674. The largest absolute Gasteiger partial charge is 0.348 e. The molecule has 1 aliphatic rings. The van der Waals surface area contributed by atoms with E-state index in [-0.39, 0.29) is 17.5 Å². The Labute approximate surface area is 155 Å². The van der Waals surface area contributed by atoms with Crippen LogP contribution in [0.3, 0.4) is 0 Å². The molecular formula is C19H22N4O2S. The summed E-state index contributed by atoms with van der Waals surface area (Å²) in [6.07, 6.45) is 2.86. The Hall–Kier alpha value is -2.41. The number of thiophene rings is 1. The van der Waals surface area contributed by atoms with Crippen molar-refractivity contribution in [1.82, 2.24) is 19.4 Å². The zero-order chi connectivity index (χ0) is 18.4. The van der Waals surface area contributed by atoms with E-state index in [0.717, 1.165) is 21.8 Å². The van der Waals surface area contributed by atoms with Crippen LogP contribution in [0.25, 0.3) is 10.2 Å². The van der Waals surface area contributed by atoms with Gasteiger partial charge in [0, 0.05) is 42.7 Å². The quantitative estimate of drug-likeness (QED) is 0.770. The van der Waals surface area contributed by atoms with Crippen LogP contribution >= 0.6 is 11.3 Å². The summed E-state index contributed by atoms with van der Waals surface area (Å²) >= 11 is 1.53. The Morgan fingerprint density at radius 2 is 2.19 bits per heavy atom. The van der Waals surface area contributed by atoms with Gasteiger partial charge in [0.05, 0.1) is 11.4 Å². The third-order valence-corrected chi connectivity index (χ3v) is 6.43. The number of rotatable bonds is 3. The van der Waals surface area contributed by atoms with E-state index < -0.39 is 0 Å². The van der Waals surface area contributed by atoms with Gasteiger partial charge < -0.3 is 14.5 Å². The number of aryl methyl sites for hydroxylation is 3. The van der Waals surface area contributed by atoms with Crippen LogP contribution in [0.5, 0.6) is 0 Å². The minimum absolute atomic E-state index is 0.0725. The van der Waals surface area contributed by atoms with Crippen molar-refractivity contribution in [3.63, 3.8) is 0 Å². The number of carbonyl (C=O) groups is 1. The van der Waals surface area contributed by atoms with E-state index in [1.807, 2.05) is 24.8 Å². The molecule has 1 N–H and O–H groups in total. The smallest absolute Gasteiger partial charge is 0.259 e. The molecule has 0 radical (unpaired) electrons. The van der Waals surface area contributed by atoms with Crippen molar-refractivity contribution < 1.29 is 4.79 Å². The molecule has 0 unspecified atom stereocenters. The first kappa shape index (κ1) is 17.0. The molecule has 0 bridgehead atoms. The number of nitrogens with one attached hydrogen (secondary N) is 1. The van der Waals surface area contributed by atoms with Gasteiger partial charge in [0.15, 0.2) is 0 Å². The number of amides is 1. The maximum Gasteiger partial charge on any atom is 0.259 e. The van der Waals surface area contributed by atoms with E-state index in [1.165, 1.54) is 17.0 Å². The molecule has 0 aromatic carbocycles. The van der Waals surface area contributed by atoms with Crippen molar-refractivity contribution in [2.24, 2.45) is 0 Å². The maximum atomic E-state index is 12.7. The zero-order valence-electron chi connectivity index (χ0n) is 15.2. The fourth-order valence-electron chi connectivity index (χ4n) is 3.71. The average molecular weight is 370 g/mol. The minimum atomic E-state index is -0.108. The molecule has 1 amide bonds. The lowest BCUT2D eigenvalue weighted by molar-refractivity contribution is -0.134. The van der Waals surface area contributed by atoms with E-state index in [0.29, 0.717) is 30.6 Å². The lowest BCUT2D eigenvalue weighted by atomic mass is 10.1. The summed E-state index contributed by atoms with van der Waals surface area (Å²) in [6.45, 7) is 7.55. The summed E-state index contributed by atoms with van der Waals surface area (Å²) < 4.78 is 2.20. The average Bonchev–Trinajstić information content (AvgIpc) is 3.19. The highest BCUT2D eigenvalue weighted by Crippen LogP contribution is 2.27. The van der Waals surface area contributed by atoms with Gasteiger partial charge in [0.2, 0.25) is 5.91 Å². The Balaban J connectivity index is 1.50. The normalized spacial score (nSPS) is 16.9. The molecular weight excluding hydrogens is 348 g/mol. The number of aromatic amines is 1. The van der Waals surface area contributed by atoms with Gasteiger partial charge in [-0.05, 0) is 38.5 Å². The van der Waals surface area contributed by atoms with Crippen LogP contribution in [-0.2, 0) is 17.8 Å². The molecule has 6 nitrogen and oxygen atoms in total. The monoisotopic (exact) mass is 370 g/mol. The Kier molecular flexibility index (Phi) is 4.19. The van der Waals surface area contributed by atoms with E-state index in [4.69, 9.17) is 0 Å². The minimum Gasteiger partial charge on any atom is -0.348 e. The fourth-order valence-corrected chi connectivity index (χ4v) is 4.76. The Bertz CT molecular complexity index is 1050. The maximum absolute atomic E-state index is 12.7. The van der Waals surface area contributed by atoms with Crippen LogP contribution in [0.2, 0.25) is 0 Å². The van der Waals surface area contributed by atoms with Crippen molar-refractivity contribution in [2.45, 2.75) is 46.2 Å². The summed E-state index contributed by atoms with van der Waals surface area (Å²) in [5.74, 6) is 0.691. The van der Waals surface area contributed by atoms with E-state index in [9.17, 15) is 9.59 Å². The molecule has 7 heteroatoms. The molecule has 3 aromatic heterocycles. The third-order valence-electron chi connectivity index (χ3n) is 5.33. The fraction of sp³-hybridized carbons (Fsp3) is 0.421. The van der Waals surface area contributed by atoms with Gasteiger partial charge >= 0.3 is 0 Å². The molecule has 3 aromatic rings. The van der Waals surface area contributed by atoms with Gasteiger partial charge in [-0.2, -0.15) is 0 Å². The third kappa shape index (κ3) is 2.76. The highest BCUT2D eigenvalue weighted by molar-refractivity contribution is 7.18. The van der Waals surface area contributed by atoms with Gasteiger partial charge in [-0.15, -0.1) is 11.3 Å². The number of hydrogen-bond donors (Lipinski definition) is 1. The van der Waals surface area contributed by atoms with Gasteiger partial charge in [-0.1, -0.05) is 0 Å². The van der Waals surface area contributed by atoms with Crippen molar-refractivity contribution >= 4 is 27.5 Å². The number of aromatic nitrogens is 3. The van der Waals surface area contributed by atoms with Crippen LogP contribution < -0.4 is 5.56 Å². The van der Waals surface area contributed by atoms with Crippen molar-refractivity contribution in [3.8, 4) is 0 Å². The highest BCUT2D eigenvalue weighted by atomic mass is 32.1. The van der Waals surface area contributed by atoms with E-state index in [1.54, 1.807) is 0 Å². The first-order chi connectivity index (χ1) is 12.5. The summed E-state index contributed by atoms with van der Waals surface area (Å²) in [6, 6.07) is 4.16. The molecule has 0 saturated carbocycles. The van der Waals surface area contributed by atoms with Crippen LogP contribution in [0.4, 0.5) is 0 Å². The Morgan fingerprint density at radius 3 is 3.00 bits per heavy atom. The number of carbonyl (C=O) groups excluding carboxylic acids is 1. The molecule has 0 aliphatic carbocycles. The molecule has 1 aliphatic heterocycles. The van der Waals surface area contributed by atoms with Crippen molar-refractivity contribution in [3.05, 3.63) is 50.6 Å². The lowest BCUT2D eigenvalue weighted by Gasteiger charge is -2.35. The second-order valence-electron chi connectivity index (χ2n) is 6.87. The Morgan fingerprint density at radius 1 is 1.38 bits per heavy atom. The molecule has 26 heavy (non-hydrogen) atoms. The van der Waals surface area contributed by atoms with Gasteiger partial charge in [-0.3, -0.25) is 9.59 Å². The summed E-state index contributed by atoms with van der Waals surface area (Å²) in [7, 11) is 0. The van der Waals surface area contributed by atoms with Crippen LogP contribution in [0.15, 0.2) is 23.1 Å². The van der Waals surface area contributed by atoms with Crippen molar-refractivity contribution in [2.75, 3.05) is 6.54 Å². The SMILES string of the molecule is Cc1sc2nc(CCC(=O)N3CCn4cccc4[C@@H]3C)[nH]c(=O)c2c1C. The predicted octanol–water partition coefficient (Wildman–Crippen LogP) is 2.94. The second-order valence-corrected chi connectivity index (χ2v) is 8.07. The number of hydrogen-bond acceptors (Lipinski definition) is 4. The van der Waals surface area contributed by atoms with Crippen LogP contribution in [0, 0.1) is 13.8 Å². The first-order valence-corrected chi connectivity index (χ1v) is 9.70. The molecule has 136 valence electrons. The van der Waals surface area contributed by atoms with Gasteiger partial charge in [-0.25, -0.2) is 4.98 Å². The molecule has 0 spiro atoms. The number of H-pyrrole nitrogens is 1. The summed E-state index contributed by atoms with van der Waals surface area (Å²) in [4.78, 5) is 36.3. The van der Waals surface area contributed by atoms with Crippen molar-refractivity contribution in [1.29, 1.82) is 0 Å². The molecule has 4 rings (SSSR count). The second kappa shape index (κ2) is 6.39. The van der Waals surface area contributed by atoms with Gasteiger partial charge in [0.1, 0.15) is 10.7 Å². The van der Waals surface area contributed by atoms with E-state index >= 15 is 0 Å². The molecule has 1 atom stereocenters. The standard InChI is InChI=1S/C19H22N4O2S/c1-11-13(3)26-19-17(11)18(25)20-15(21-19)6-7-16(24)23-10-9-22-8-4-5-14(22)12(23)2/h4-5,8,12H,6-7,9-10H2,1-3H3,(H,20,21,25)/t12-/m0/s1. The van der Waals surface area contributed by atoms with Gasteiger partial charge in [0.25, 0.3) is 5.56 Å². The van der Waals surface area contributed by atoms with Crippen LogP contribution in [0.1, 0.15) is 41.3 Å². The summed E-state index contributed by atoms with van der Waals surface area (Å²) in [5.41, 5.74) is 2.05. The molecule has 4 heterocycles. The first-order valence-electron chi connectivity index (χ1n) is 8.89. The van der Waals surface area contributed by atoms with E-state index in [2.05, 4.69) is 33.7 Å². The van der Waals surface area contributed by atoms with Crippen LogP contribution in [-0.4, -0.2) is 31.9 Å². The lowest BCUT2D eigenvalue weighted by Crippen LogP contribution is -2.40. The number of fused-ring (bicyclic) bond motifs is 2. The molecule has 0 saturated heterocycles. The number of nitrogens with zero attached hydrogens (tertiary/aromatic N) is 3. The highest BCUT2D eigenvalue weighted by Gasteiger charge is 2.27. The predicted molar refractivity (Wildman–Crippen MR) is 103 cm³/mol. The topological polar surface area (TPSA) is 71.0 Å². The zero-order valence-corrected chi connectivity index (χ0v) is 16.0. The molecule has 0 fully saturated rings.